The Labute approximate surface area is 104 Å². The van der Waals surface area contributed by atoms with E-state index in [1.54, 1.807) is 13.8 Å². The number of rotatable bonds is 7. The summed E-state index contributed by atoms with van der Waals surface area (Å²) >= 11 is 0. The lowest BCUT2D eigenvalue weighted by atomic mass is 10.2. The maximum absolute atomic E-state index is 12.0. The van der Waals surface area contributed by atoms with E-state index >= 15 is 0 Å². The van der Waals surface area contributed by atoms with Crippen molar-refractivity contribution in [2.75, 3.05) is 26.2 Å². The van der Waals surface area contributed by atoms with Crippen molar-refractivity contribution in [2.45, 2.75) is 38.8 Å². The second-order valence-corrected chi connectivity index (χ2v) is 6.35. The standard InChI is InChI=1S/C10H23N3O3S/c1-9(2)12-17(15,16)13(6-7-14)8-10-4-3-5-11-10/h9-12,14H,3-8H2,1-2H3. The zero-order valence-electron chi connectivity index (χ0n) is 10.5. The van der Waals surface area contributed by atoms with Crippen molar-refractivity contribution in [3.63, 3.8) is 0 Å². The predicted octanol–water partition coefficient (Wildman–Crippen LogP) is -0.724. The summed E-state index contributed by atoms with van der Waals surface area (Å²) in [4.78, 5) is 0. The van der Waals surface area contributed by atoms with Crippen LogP contribution in [0.15, 0.2) is 0 Å². The van der Waals surface area contributed by atoms with Crippen LogP contribution in [-0.2, 0) is 10.2 Å². The van der Waals surface area contributed by atoms with Crippen LogP contribution in [0.5, 0.6) is 0 Å². The summed E-state index contributed by atoms with van der Waals surface area (Å²) in [6, 6.07) is 0.0583. The molecule has 0 saturated carbocycles. The lowest BCUT2D eigenvalue weighted by Gasteiger charge is -2.25. The minimum atomic E-state index is -3.49. The molecule has 0 aromatic rings. The average molecular weight is 265 g/mol. The van der Waals surface area contributed by atoms with Gasteiger partial charge >= 0.3 is 0 Å². The molecule has 0 radical (unpaired) electrons. The maximum atomic E-state index is 12.0. The van der Waals surface area contributed by atoms with Gasteiger partial charge < -0.3 is 10.4 Å². The molecule has 1 fully saturated rings. The third-order valence-corrected chi connectivity index (χ3v) is 4.44. The normalized spacial score (nSPS) is 21.6. The summed E-state index contributed by atoms with van der Waals surface area (Å²) in [7, 11) is -3.49. The molecule has 1 atom stereocenters. The third-order valence-electron chi connectivity index (χ3n) is 2.66. The fourth-order valence-corrected chi connectivity index (χ4v) is 3.39. The number of hydrogen-bond donors (Lipinski definition) is 3. The van der Waals surface area contributed by atoms with Gasteiger partial charge in [-0.15, -0.1) is 0 Å². The highest BCUT2D eigenvalue weighted by Gasteiger charge is 2.26. The van der Waals surface area contributed by atoms with Gasteiger partial charge in [0.1, 0.15) is 0 Å². The first-order chi connectivity index (χ1) is 7.95. The van der Waals surface area contributed by atoms with Gasteiger partial charge in [0.05, 0.1) is 6.61 Å². The summed E-state index contributed by atoms with van der Waals surface area (Å²) in [6.45, 7) is 4.90. The fourth-order valence-electron chi connectivity index (χ4n) is 1.95. The van der Waals surface area contributed by atoms with Crippen molar-refractivity contribution < 1.29 is 13.5 Å². The Morgan fingerprint density at radius 2 is 2.24 bits per heavy atom. The molecule has 1 rings (SSSR count). The van der Waals surface area contributed by atoms with Crippen LogP contribution in [0.25, 0.3) is 0 Å². The van der Waals surface area contributed by atoms with Gasteiger partial charge in [-0.05, 0) is 33.2 Å². The first-order valence-electron chi connectivity index (χ1n) is 6.07. The molecule has 3 N–H and O–H groups in total. The molecule has 17 heavy (non-hydrogen) atoms. The first kappa shape index (κ1) is 14.8. The number of nitrogens with zero attached hydrogens (tertiary/aromatic N) is 1. The molecule has 1 saturated heterocycles. The molecule has 0 bridgehead atoms. The molecule has 1 aliphatic rings. The molecule has 1 unspecified atom stereocenters. The van der Waals surface area contributed by atoms with Crippen molar-refractivity contribution in [3.05, 3.63) is 0 Å². The molecule has 0 aliphatic carbocycles. The number of aliphatic hydroxyl groups is 1. The summed E-state index contributed by atoms with van der Waals surface area (Å²) in [5.74, 6) is 0. The molecular weight excluding hydrogens is 242 g/mol. The Balaban J connectivity index is 2.62. The van der Waals surface area contributed by atoms with Crippen molar-refractivity contribution in [1.29, 1.82) is 0 Å². The van der Waals surface area contributed by atoms with E-state index in [1.165, 1.54) is 4.31 Å². The van der Waals surface area contributed by atoms with Crippen LogP contribution in [0, 0.1) is 0 Å². The van der Waals surface area contributed by atoms with Crippen LogP contribution in [0.1, 0.15) is 26.7 Å². The second-order valence-electron chi connectivity index (χ2n) is 4.65. The van der Waals surface area contributed by atoms with Crippen molar-refractivity contribution in [3.8, 4) is 0 Å². The van der Waals surface area contributed by atoms with E-state index in [-0.39, 0.29) is 25.2 Å². The van der Waals surface area contributed by atoms with Gasteiger partial charge in [-0.2, -0.15) is 17.4 Å². The van der Waals surface area contributed by atoms with Gasteiger partial charge in [0.2, 0.25) is 0 Å². The monoisotopic (exact) mass is 265 g/mol. The van der Waals surface area contributed by atoms with Crippen LogP contribution in [0.4, 0.5) is 0 Å². The summed E-state index contributed by atoms with van der Waals surface area (Å²) < 4.78 is 27.8. The molecule has 0 spiro atoms. The van der Waals surface area contributed by atoms with Crippen molar-refractivity contribution in [2.24, 2.45) is 0 Å². The van der Waals surface area contributed by atoms with E-state index in [9.17, 15) is 8.42 Å². The minimum absolute atomic E-state index is 0.139. The van der Waals surface area contributed by atoms with Crippen LogP contribution in [0.3, 0.4) is 0 Å². The van der Waals surface area contributed by atoms with E-state index in [1.807, 2.05) is 0 Å². The van der Waals surface area contributed by atoms with E-state index in [4.69, 9.17) is 5.11 Å². The Morgan fingerprint density at radius 1 is 1.53 bits per heavy atom. The third kappa shape index (κ3) is 4.89. The number of hydrogen-bond acceptors (Lipinski definition) is 4. The molecule has 0 amide bonds. The summed E-state index contributed by atoms with van der Waals surface area (Å²) in [5, 5.41) is 12.2. The first-order valence-corrected chi connectivity index (χ1v) is 7.51. The minimum Gasteiger partial charge on any atom is -0.395 e. The molecule has 6 nitrogen and oxygen atoms in total. The smallest absolute Gasteiger partial charge is 0.279 e. The Bertz CT molecular complexity index is 313. The van der Waals surface area contributed by atoms with Crippen molar-refractivity contribution in [1.82, 2.24) is 14.3 Å². The Hall–Kier alpha value is -0.210. The lowest BCUT2D eigenvalue weighted by molar-refractivity contribution is 0.244. The fraction of sp³-hybridized carbons (Fsp3) is 1.00. The van der Waals surface area contributed by atoms with E-state index in [0.29, 0.717) is 6.54 Å². The Morgan fingerprint density at radius 3 is 2.71 bits per heavy atom. The topological polar surface area (TPSA) is 81.7 Å². The zero-order valence-corrected chi connectivity index (χ0v) is 11.3. The highest BCUT2D eigenvalue weighted by Crippen LogP contribution is 2.09. The van der Waals surface area contributed by atoms with E-state index in [0.717, 1.165) is 19.4 Å². The van der Waals surface area contributed by atoms with E-state index < -0.39 is 10.2 Å². The maximum Gasteiger partial charge on any atom is 0.279 e. The van der Waals surface area contributed by atoms with Gasteiger partial charge in [-0.3, -0.25) is 0 Å². The molecule has 1 aliphatic heterocycles. The number of nitrogens with one attached hydrogen (secondary N) is 2. The van der Waals surface area contributed by atoms with Crippen LogP contribution >= 0.6 is 0 Å². The molecule has 0 aromatic heterocycles. The summed E-state index contributed by atoms with van der Waals surface area (Å²) in [5.41, 5.74) is 0. The molecule has 102 valence electrons. The highest BCUT2D eigenvalue weighted by molar-refractivity contribution is 7.87. The second kappa shape index (κ2) is 6.65. The van der Waals surface area contributed by atoms with Gasteiger partial charge in [-0.25, -0.2) is 0 Å². The van der Waals surface area contributed by atoms with Crippen LogP contribution in [0.2, 0.25) is 0 Å². The number of aliphatic hydroxyl groups excluding tert-OH is 1. The SMILES string of the molecule is CC(C)NS(=O)(=O)N(CCO)CC1CCCN1. The van der Waals surface area contributed by atoms with Gasteiger partial charge in [-0.1, -0.05) is 0 Å². The van der Waals surface area contributed by atoms with Crippen molar-refractivity contribution >= 4 is 10.2 Å². The summed E-state index contributed by atoms with van der Waals surface area (Å²) in [6.07, 6.45) is 2.06. The van der Waals surface area contributed by atoms with E-state index in [2.05, 4.69) is 10.0 Å². The predicted molar refractivity (Wildman–Crippen MR) is 66.9 cm³/mol. The molecule has 1 heterocycles. The molecule has 7 heteroatoms. The largest absolute Gasteiger partial charge is 0.395 e. The average Bonchev–Trinajstić information content (AvgIpc) is 2.67. The lowest BCUT2D eigenvalue weighted by Crippen LogP contribution is -2.49. The Kier molecular flexibility index (Phi) is 5.81. The van der Waals surface area contributed by atoms with Crippen LogP contribution in [-0.4, -0.2) is 56.2 Å². The van der Waals surface area contributed by atoms with Gasteiger partial charge in [0, 0.05) is 25.2 Å². The molecule has 0 aromatic carbocycles. The highest BCUT2D eigenvalue weighted by atomic mass is 32.2. The van der Waals surface area contributed by atoms with Gasteiger partial charge in [0.15, 0.2) is 0 Å². The van der Waals surface area contributed by atoms with Gasteiger partial charge in [0.25, 0.3) is 10.2 Å². The molecular formula is C10H23N3O3S. The quantitative estimate of drug-likeness (QED) is 0.567. The van der Waals surface area contributed by atoms with Crippen LogP contribution < -0.4 is 10.0 Å². The zero-order chi connectivity index (χ0) is 12.9.